The van der Waals surface area contributed by atoms with E-state index in [9.17, 15) is 5.11 Å². The first-order chi connectivity index (χ1) is 9.81. The van der Waals surface area contributed by atoms with Gasteiger partial charge in [0.25, 0.3) is 0 Å². The summed E-state index contributed by atoms with van der Waals surface area (Å²) in [5.74, 6) is 0. The fraction of sp³-hybridized carbons (Fsp3) is 0.944. The molecule has 0 fully saturated rings. The van der Waals surface area contributed by atoms with Crippen molar-refractivity contribution in [3.05, 3.63) is 6.42 Å². The van der Waals surface area contributed by atoms with E-state index in [1.165, 1.54) is 77.0 Å². The zero-order valence-corrected chi connectivity index (χ0v) is 13.7. The monoisotopic (exact) mass is 285 g/mol. The van der Waals surface area contributed by atoms with E-state index in [4.69, 9.17) is 5.11 Å². The van der Waals surface area contributed by atoms with Crippen LogP contribution in [0.2, 0.25) is 0 Å². The summed E-state index contributed by atoms with van der Waals surface area (Å²) < 4.78 is 0. The highest BCUT2D eigenvalue weighted by Crippen LogP contribution is 2.13. The molecule has 0 aromatic heterocycles. The number of rotatable bonds is 16. The highest BCUT2D eigenvalue weighted by molar-refractivity contribution is 4.74. The molecule has 121 valence electrons. The normalized spacial score (nSPS) is 12.8. The van der Waals surface area contributed by atoms with Crippen molar-refractivity contribution in [2.24, 2.45) is 0 Å². The highest BCUT2D eigenvalue weighted by atomic mass is 16.3. The van der Waals surface area contributed by atoms with Crippen LogP contribution in [0.25, 0.3) is 0 Å². The van der Waals surface area contributed by atoms with Crippen LogP contribution < -0.4 is 0 Å². The van der Waals surface area contributed by atoms with Crippen molar-refractivity contribution in [2.45, 2.75) is 103 Å². The van der Waals surface area contributed by atoms with Gasteiger partial charge in [-0.2, -0.15) is 0 Å². The first kappa shape index (κ1) is 19.9. The number of unbranched alkanes of at least 4 members (excludes halogenated alkanes) is 12. The molecule has 0 aromatic carbocycles. The minimum Gasteiger partial charge on any atom is -0.396 e. The standard InChI is InChI=1S/C18H37O2/c1-2-3-4-5-6-7-8-9-10-11-12-13-14-15-18(20)16-17-19/h15,18-20H,2-14,16-17H2,1H3. The molecule has 0 spiro atoms. The Kier molecular flexibility index (Phi) is 16.9. The van der Waals surface area contributed by atoms with Crippen LogP contribution in [0.15, 0.2) is 0 Å². The third kappa shape index (κ3) is 16.0. The Balaban J connectivity index is 2.99. The summed E-state index contributed by atoms with van der Waals surface area (Å²) in [6.45, 7) is 2.35. The molecule has 0 heterocycles. The van der Waals surface area contributed by atoms with Gasteiger partial charge in [0.1, 0.15) is 0 Å². The Hall–Kier alpha value is -0.0800. The first-order valence-electron chi connectivity index (χ1n) is 8.93. The fourth-order valence-corrected chi connectivity index (χ4v) is 2.55. The summed E-state index contributed by atoms with van der Waals surface area (Å²) in [4.78, 5) is 0. The predicted molar refractivity (Wildman–Crippen MR) is 87.7 cm³/mol. The Morgan fingerprint density at radius 2 is 1.20 bits per heavy atom. The van der Waals surface area contributed by atoms with Gasteiger partial charge in [-0.15, -0.1) is 0 Å². The summed E-state index contributed by atoms with van der Waals surface area (Å²) in [5, 5.41) is 18.1. The Morgan fingerprint density at radius 1 is 0.750 bits per heavy atom. The van der Waals surface area contributed by atoms with Gasteiger partial charge in [-0.1, -0.05) is 84.0 Å². The third-order valence-electron chi connectivity index (χ3n) is 3.92. The van der Waals surface area contributed by atoms with Gasteiger partial charge in [0.15, 0.2) is 0 Å². The van der Waals surface area contributed by atoms with Crippen LogP contribution in [-0.2, 0) is 0 Å². The molecule has 1 unspecified atom stereocenters. The van der Waals surface area contributed by atoms with Crippen LogP contribution in [0, 0.1) is 6.42 Å². The van der Waals surface area contributed by atoms with Gasteiger partial charge >= 0.3 is 0 Å². The molecule has 0 aliphatic heterocycles. The molecule has 0 saturated carbocycles. The van der Waals surface area contributed by atoms with Crippen molar-refractivity contribution in [3.8, 4) is 0 Å². The Bertz CT molecular complexity index is 171. The second-order valence-corrected chi connectivity index (χ2v) is 5.99. The molecule has 0 rings (SSSR count). The van der Waals surface area contributed by atoms with Crippen LogP contribution in [0.4, 0.5) is 0 Å². The molecule has 1 atom stereocenters. The molecule has 2 N–H and O–H groups in total. The molecular formula is C18H37O2. The SMILES string of the molecule is CCCCCCCCCCCCCC[CH]C(O)CCO. The maximum atomic E-state index is 9.41. The van der Waals surface area contributed by atoms with E-state index in [0.717, 1.165) is 6.42 Å². The molecule has 20 heavy (non-hydrogen) atoms. The van der Waals surface area contributed by atoms with Gasteiger partial charge < -0.3 is 10.2 Å². The lowest BCUT2D eigenvalue weighted by molar-refractivity contribution is 0.154. The number of aliphatic hydroxyl groups is 2. The zero-order valence-electron chi connectivity index (χ0n) is 13.7. The molecule has 2 heteroatoms. The summed E-state index contributed by atoms with van der Waals surface area (Å²) in [7, 11) is 0. The van der Waals surface area contributed by atoms with Crippen LogP contribution >= 0.6 is 0 Å². The molecule has 0 aromatic rings. The maximum Gasteiger partial charge on any atom is 0.0593 e. The van der Waals surface area contributed by atoms with Crippen molar-refractivity contribution in [1.29, 1.82) is 0 Å². The first-order valence-corrected chi connectivity index (χ1v) is 8.93. The highest BCUT2D eigenvalue weighted by Gasteiger charge is 2.02. The molecule has 2 nitrogen and oxygen atoms in total. The van der Waals surface area contributed by atoms with Gasteiger partial charge in [-0.3, -0.25) is 0 Å². The minimum absolute atomic E-state index is 0.0795. The Morgan fingerprint density at radius 3 is 1.65 bits per heavy atom. The number of hydrogen-bond acceptors (Lipinski definition) is 2. The Labute approximate surface area is 127 Å². The molecule has 0 aliphatic carbocycles. The second kappa shape index (κ2) is 17.0. The van der Waals surface area contributed by atoms with Gasteiger partial charge in [-0.25, -0.2) is 0 Å². The third-order valence-corrected chi connectivity index (χ3v) is 3.92. The lowest BCUT2D eigenvalue weighted by Crippen LogP contribution is -2.09. The molecule has 0 aliphatic rings. The van der Waals surface area contributed by atoms with E-state index in [1.807, 2.05) is 6.42 Å². The predicted octanol–water partition coefficient (Wildman–Crippen LogP) is 5.03. The summed E-state index contributed by atoms with van der Waals surface area (Å²) >= 11 is 0. The fourth-order valence-electron chi connectivity index (χ4n) is 2.55. The lowest BCUT2D eigenvalue weighted by Gasteiger charge is -2.07. The van der Waals surface area contributed by atoms with Crippen LogP contribution in [0.1, 0.15) is 96.8 Å². The molecule has 0 saturated heterocycles. The van der Waals surface area contributed by atoms with Crippen molar-refractivity contribution < 1.29 is 10.2 Å². The average Bonchev–Trinajstić information content (AvgIpc) is 2.44. The summed E-state index contributed by atoms with van der Waals surface area (Å²) in [5.41, 5.74) is 0. The summed E-state index contributed by atoms with van der Waals surface area (Å²) in [6.07, 6.45) is 19.4. The van der Waals surface area contributed by atoms with E-state index in [-0.39, 0.29) is 6.61 Å². The molecule has 0 amide bonds. The van der Waals surface area contributed by atoms with Gasteiger partial charge in [-0.05, 0) is 19.3 Å². The van der Waals surface area contributed by atoms with E-state index in [2.05, 4.69) is 6.92 Å². The van der Waals surface area contributed by atoms with Crippen molar-refractivity contribution in [2.75, 3.05) is 6.61 Å². The smallest absolute Gasteiger partial charge is 0.0593 e. The molecule has 1 radical (unpaired) electrons. The minimum atomic E-state index is -0.410. The number of hydrogen-bond donors (Lipinski definition) is 2. The van der Waals surface area contributed by atoms with E-state index in [1.54, 1.807) is 0 Å². The van der Waals surface area contributed by atoms with Gasteiger partial charge in [0.2, 0.25) is 0 Å². The lowest BCUT2D eigenvalue weighted by atomic mass is 10.0. The topological polar surface area (TPSA) is 40.5 Å². The average molecular weight is 285 g/mol. The number of aliphatic hydroxyl groups excluding tert-OH is 2. The molecule has 0 bridgehead atoms. The van der Waals surface area contributed by atoms with E-state index in [0.29, 0.717) is 6.42 Å². The molecular weight excluding hydrogens is 248 g/mol. The van der Waals surface area contributed by atoms with E-state index < -0.39 is 6.10 Å². The van der Waals surface area contributed by atoms with Crippen molar-refractivity contribution in [1.82, 2.24) is 0 Å². The van der Waals surface area contributed by atoms with Crippen molar-refractivity contribution >= 4 is 0 Å². The van der Waals surface area contributed by atoms with Crippen LogP contribution in [0.3, 0.4) is 0 Å². The van der Waals surface area contributed by atoms with Gasteiger partial charge in [0.05, 0.1) is 6.10 Å². The zero-order chi connectivity index (χ0) is 14.9. The van der Waals surface area contributed by atoms with Gasteiger partial charge in [0, 0.05) is 6.61 Å². The maximum absolute atomic E-state index is 9.41. The summed E-state index contributed by atoms with van der Waals surface area (Å²) in [6, 6.07) is 0. The van der Waals surface area contributed by atoms with Crippen LogP contribution in [-0.4, -0.2) is 22.9 Å². The van der Waals surface area contributed by atoms with Crippen molar-refractivity contribution in [3.63, 3.8) is 0 Å². The van der Waals surface area contributed by atoms with E-state index >= 15 is 0 Å². The van der Waals surface area contributed by atoms with Crippen LogP contribution in [0.5, 0.6) is 0 Å². The largest absolute Gasteiger partial charge is 0.396 e. The quantitative estimate of drug-likeness (QED) is 0.391. The second-order valence-electron chi connectivity index (χ2n) is 5.99.